The van der Waals surface area contributed by atoms with E-state index in [1.54, 1.807) is 4.90 Å². The van der Waals surface area contributed by atoms with Crippen molar-refractivity contribution in [3.05, 3.63) is 24.4 Å². The zero-order valence-electron chi connectivity index (χ0n) is 17.4. The average Bonchev–Trinajstić information content (AvgIpc) is 3.15. The Hall–Kier alpha value is -3.14. The number of hydrogen-bond acceptors (Lipinski definition) is 8. The fourth-order valence-corrected chi connectivity index (χ4v) is 3.93. The van der Waals surface area contributed by atoms with E-state index in [1.165, 1.54) is 0 Å². The van der Waals surface area contributed by atoms with Gasteiger partial charge < -0.3 is 23.8 Å². The summed E-state index contributed by atoms with van der Waals surface area (Å²) in [7, 11) is 0. The Labute approximate surface area is 178 Å². The van der Waals surface area contributed by atoms with Crippen LogP contribution in [0.4, 0.5) is 10.7 Å². The first-order valence-corrected chi connectivity index (χ1v) is 10.7. The predicted molar refractivity (Wildman–Crippen MR) is 111 cm³/mol. The maximum absolute atomic E-state index is 12.3. The summed E-state index contributed by atoms with van der Waals surface area (Å²) < 4.78 is 18.4. The normalized spacial score (nSPS) is 20.7. The van der Waals surface area contributed by atoms with Crippen molar-refractivity contribution in [2.45, 2.75) is 31.4 Å². The molecular formula is C21H24N6O4. The third-order valence-corrected chi connectivity index (χ3v) is 6.34. The zero-order valence-corrected chi connectivity index (χ0v) is 17.4. The molecule has 1 saturated carbocycles. The summed E-state index contributed by atoms with van der Waals surface area (Å²) in [5.41, 5.74) is 1.63. The molecule has 1 aliphatic carbocycles. The van der Waals surface area contributed by atoms with Crippen LogP contribution in [0.25, 0.3) is 22.4 Å². The van der Waals surface area contributed by atoms with Gasteiger partial charge in [0.2, 0.25) is 0 Å². The first-order valence-electron chi connectivity index (χ1n) is 10.7. The number of nitrogens with zero attached hydrogens (tertiary/aromatic N) is 6. The highest BCUT2D eigenvalue weighted by molar-refractivity contribution is 5.83. The molecule has 2 aromatic heterocycles. The molecule has 0 N–H and O–H groups in total. The Morgan fingerprint density at radius 1 is 1.19 bits per heavy atom. The van der Waals surface area contributed by atoms with Gasteiger partial charge in [-0.2, -0.15) is 10.1 Å². The minimum Gasteiger partial charge on any atom is -0.443 e. The van der Waals surface area contributed by atoms with Gasteiger partial charge in [0, 0.05) is 37.1 Å². The summed E-state index contributed by atoms with van der Waals surface area (Å²) in [6.45, 7) is 5.78. The Bertz CT molecular complexity index is 1120. The van der Waals surface area contributed by atoms with E-state index >= 15 is 0 Å². The summed E-state index contributed by atoms with van der Waals surface area (Å²) in [6, 6.07) is 6.29. The van der Waals surface area contributed by atoms with E-state index in [2.05, 4.69) is 15.2 Å². The topological polar surface area (TPSA) is 98.8 Å². The monoisotopic (exact) mass is 424 g/mol. The van der Waals surface area contributed by atoms with Gasteiger partial charge >= 0.3 is 6.09 Å². The summed E-state index contributed by atoms with van der Waals surface area (Å²) in [5, 5.41) is 9.74. The summed E-state index contributed by atoms with van der Waals surface area (Å²) >= 11 is 0. The standard InChI is InChI=1S/C21H24N6O4/c1-21(4-5-21)30-20(28)26-8-6-25(7-9-26)19-23-18(31-24-19)14-2-3-15-11-22-27(17(15)10-14)16-12-29-13-16/h2-3,10-11,16H,4-9,12-13H2,1H3. The van der Waals surface area contributed by atoms with Crippen molar-refractivity contribution in [1.29, 1.82) is 0 Å². The molecule has 1 aromatic carbocycles. The second-order valence-corrected chi connectivity index (χ2v) is 8.75. The van der Waals surface area contributed by atoms with Crippen molar-refractivity contribution in [3.63, 3.8) is 0 Å². The van der Waals surface area contributed by atoms with Gasteiger partial charge in [-0.15, -0.1) is 0 Å². The summed E-state index contributed by atoms with van der Waals surface area (Å²) in [5.74, 6) is 1.01. The van der Waals surface area contributed by atoms with Gasteiger partial charge in [-0.3, -0.25) is 4.68 Å². The van der Waals surface area contributed by atoms with E-state index < -0.39 is 0 Å². The smallest absolute Gasteiger partial charge is 0.410 e. The Morgan fingerprint density at radius 3 is 2.71 bits per heavy atom. The van der Waals surface area contributed by atoms with Crippen molar-refractivity contribution in [2.24, 2.45) is 0 Å². The second-order valence-electron chi connectivity index (χ2n) is 8.75. The van der Waals surface area contributed by atoms with Crippen LogP contribution in [-0.2, 0) is 9.47 Å². The lowest BCUT2D eigenvalue weighted by atomic mass is 10.1. The second kappa shape index (κ2) is 6.94. The van der Waals surface area contributed by atoms with Crippen LogP contribution in [0.1, 0.15) is 25.8 Å². The molecule has 3 aromatic rings. The number of piperazine rings is 1. The number of benzene rings is 1. The van der Waals surface area contributed by atoms with Crippen LogP contribution in [0.5, 0.6) is 0 Å². The highest BCUT2D eigenvalue weighted by Crippen LogP contribution is 2.39. The molecule has 2 saturated heterocycles. The van der Waals surface area contributed by atoms with Crippen molar-refractivity contribution >= 4 is 22.9 Å². The van der Waals surface area contributed by atoms with Gasteiger partial charge in [0.05, 0.1) is 31.0 Å². The van der Waals surface area contributed by atoms with Crippen LogP contribution in [-0.4, -0.2) is 75.9 Å². The van der Waals surface area contributed by atoms with E-state index in [0.29, 0.717) is 51.2 Å². The van der Waals surface area contributed by atoms with Gasteiger partial charge in [0.25, 0.3) is 11.8 Å². The quantitative estimate of drug-likeness (QED) is 0.630. The first-order chi connectivity index (χ1) is 15.1. The van der Waals surface area contributed by atoms with Crippen molar-refractivity contribution in [1.82, 2.24) is 24.8 Å². The largest absolute Gasteiger partial charge is 0.443 e. The number of ether oxygens (including phenoxy) is 2. The number of rotatable bonds is 4. The van der Waals surface area contributed by atoms with Crippen LogP contribution in [0.3, 0.4) is 0 Å². The molecule has 10 nitrogen and oxygen atoms in total. The van der Waals surface area contributed by atoms with Gasteiger partial charge in [-0.25, -0.2) is 4.79 Å². The fourth-order valence-electron chi connectivity index (χ4n) is 3.93. The van der Waals surface area contributed by atoms with Crippen LogP contribution < -0.4 is 4.90 Å². The first kappa shape index (κ1) is 18.6. The summed E-state index contributed by atoms with van der Waals surface area (Å²) in [6.07, 6.45) is 3.54. The van der Waals surface area contributed by atoms with E-state index in [1.807, 2.05) is 40.9 Å². The van der Waals surface area contributed by atoms with Gasteiger partial charge in [-0.05, 0) is 37.1 Å². The minimum atomic E-state index is -0.251. The third-order valence-electron chi connectivity index (χ3n) is 6.34. The van der Waals surface area contributed by atoms with Gasteiger partial charge in [-0.1, -0.05) is 6.07 Å². The Morgan fingerprint density at radius 2 is 2.00 bits per heavy atom. The third kappa shape index (κ3) is 3.40. The van der Waals surface area contributed by atoms with Gasteiger partial charge in [0.15, 0.2) is 0 Å². The lowest BCUT2D eigenvalue weighted by Gasteiger charge is -2.33. The average molecular weight is 424 g/mol. The van der Waals surface area contributed by atoms with E-state index in [4.69, 9.17) is 14.0 Å². The van der Waals surface area contributed by atoms with E-state index in [-0.39, 0.29) is 17.7 Å². The van der Waals surface area contributed by atoms with Crippen molar-refractivity contribution in [2.75, 3.05) is 44.3 Å². The van der Waals surface area contributed by atoms with Crippen molar-refractivity contribution < 1.29 is 18.8 Å². The molecule has 0 radical (unpaired) electrons. The minimum absolute atomic E-state index is 0.227. The lowest BCUT2D eigenvalue weighted by molar-refractivity contribution is -0.0266. The van der Waals surface area contributed by atoms with Crippen LogP contribution in [0.2, 0.25) is 0 Å². The number of amides is 1. The molecule has 162 valence electrons. The molecule has 0 bridgehead atoms. The molecule has 1 amide bonds. The molecule has 31 heavy (non-hydrogen) atoms. The SMILES string of the molecule is CC1(OC(=O)N2CCN(c3noc(-c4ccc5cnn(C6COC6)c5c4)n3)CC2)CC1. The van der Waals surface area contributed by atoms with Crippen LogP contribution >= 0.6 is 0 Å². The number of carbonyl (C=O) groups is 1. The predicted octanol–water partition coefficient (Wildman–Crippen LogP) is 2.47. The molecule has 3 aliphatic rings. The molecule has 4 heterocycles. The Kier molecular flexibility index (Phi) is 4.17. The molecule has 3 fully saturated rings. The van der Waals surface area contributed by atoms with Gasteiger partial charge in [0.1, 0.15) is 5.60 Å². The van der Waals surface area contributed by atoms with Crippen LogP contribution in [0.15, 0.2) is 28.9 Å². The number of fused-ring (bicyclic) bond motifs is 1. The molecule has 0 spiro atoms. The highest BCUT2D eigenvalue weighted by atomic mass is 16.6. The Balaban J connectivity index is 1.15. The van der Waals surface area contributed by atoms with E-state index in [9.17, 15) is 4.79 Å². The molecule has 6 rings (SSSR count). The molecule has 10 heteroatoms. The lowest BCUT2D eigenvalue weighted by Crippen LogP contribution is -2.49. The number of carbonyl (C=O) groups excluding carboxylic acids is 1. The number of hydrogen-bond donors (Lipinski definition) is 0. The molecule has 2 aliphatic heterocycles. The van der Waals surface area contributed by atoms with Crippen LogP contribution in [0, 0.1) is 0 Å². The maximum Gasteiger partial charge on any atom is 0.410 e. The maximum atomic E-state index is 12.3. The zero-order chi connectivity index (χ0) is 21.0. The molecular weight excluding hydrogens is 400 g/mol. The highest BCUT2D eigenvalue weighted by Gasteiger charge is 2.43. The molecule has 0 atom stereocenters. The van der Waals surface area contributed by atoms with Crippen molar-refractivity contribution in [3.8, 4) is 11.5 Å². The van der Waals surface area contributed by atoms with E-state index in [0.717, 1.165) is 29.3 Å². The molecule has 0 unspecified atom stereocenters. The fraction of sp³-hybridized carbons (Fsp3) is 0.524. The number of anilines is 1. The number of aromatic nitrogens is 4. The summed E-state index contributed by atoms with van der Waals surface area (Å²) in [4.78, 5) is 20.7.